The Bertz CT molecular complexity index is 798. The summed E-state index contributed by atoms with van der Waals surface area (Å²) in [6.45, 7) is 1.20. The molecule has 0 atom stereocenters. The first-order chi connectivity index (χ1) is 11.9. The van der Waals surface area contributed by atoms with Gasteiger partial charge >= 0.3 is 5.97 Å². The molecule has 0 saturated carbocycles. The Hall–Kier alpha value is -3.35. The number of nitrogens with one attached hydrogen (secondary N) is 1. The molecule has 0 unspecified atom stereocenters. The van der Waals surface area contributed by atoms with Crippen molar-refractivity contribution in [1.82, 2.24) is 0 Å². The van der Waals surface area contributed by atoms with Gasteiger partial charge in [-0.2, -0.15) is 0 Å². The zero-order chi connectivity index (χ0) is 18.4. The smallest absolute Gasteiger partial charge is 0.308 e. The third kappa shape index (κ3) is 5.07. The van der Waals surface area contributed by atoms with Crippen LogP contribution in [-0.4, -0.2) is 25.0 Å². The largest absolute Gasteiger partial charge is 0.545 e. The van der Waals surface area contributed by atoms with E-state index >= 15 is 0 Å². The lowest BCUT2D eigenvalue weighted by atomic mass is 10.1. The van der Waals surface area contributed by atoms with Crippen molar-refractivity contribution in [1.29, 1.82) is 0 Å². The quantitative estimate of drug-likeness (QED) is 0.624. The van der Waals surface area contributed by atoms with E-state index in [2.05, 4.69) is 5.32 Å². The Labute approximate surface area is 144 Å². The van der Waals surface area contributed by atoms with Gasteiger partial charge in [0, 0.05) is 12.5 Å². The van der Waals surface area contributed by atoms with Crippen molar-refractivity contribution < 1.29 is 29.0 Å². The first-order valence-electron chi connectivity index (χ1n) is 7.35. The molecule has 25 heavy (non-hydrogen) atoms. The number of esters is 1. The fourth-order valence-electron chi connectivity index (χ4n) is 2.15. The van der Waals surface area contributed by atoms with Gasteiger partial charge in [0.05, 0.1) is 25.2 Å². The number of anilines is 1. The van der Waals surface area contributed by atoms with E-state index in [9.17, 15) is 19.5 Å². The number of hydrogen-bond acceptors (Lipinski definition) is 6. The minimum atomic E-state index is -1.49. The summed E-state index contributed by atoms with van der Waals surface area (Å²) in [5.41, 5.74) is 0.529. The van der Waals surface area contributed by atoms with Gasteiger partial charge in [0.25, 0.3) is 0 Å². The molecule has 7 nitrogen and oxygen atoms in total. The highest BCUT2D eigenvalue weighted by Crippen LogP contribution is 2.22. The number of methoxy groups -OCH3 is 1. The minimum Gasteiger partial charge on any atom is -0.545 e. The molecule has 1 amide bonds. The average Bonchev–Trinajstić information content (AvgIpc) is 2.56. The predicted molar refractivity (Wildman–Crippen MR) is 87.4 cm³/mol. The molecular formula is C18H16NO6-. The van der Waals surface area contributed by atoms with Crippen molar-refractivity contribution in [3.05, 3.63) is 53.6 Å². The van der Waals surface area contributed by atoms with Gasteiger partial charge < -0.3 is 24.7 Å². The Morgan fingerprint density at radius 3 is 2.24 bits per heavy atom. The molecule has 130 valence electrons. The first kappa shape index (κ1) is 18.0. The van der Waals surface area contributed by atoms with Crippen LogP contribution >= 0.6 is 0 Å². The summed E-state index contributed by atoms with van der Waals surface area (Å²) in [6, 6.07) is 10.8. The Balaban J connectivity index is 2.13. The molecule has 1 N–H and O–H groups in total. The number of benzene rings is 2. The monoisotopic (exact) mass is 342 g/mol. The number of rotatable bonds is 6. The highest BCUT2D eigenvalue weighted by molar-refractivity contribution is 6.00. The normalized spacial score (nSPS) is 10.0. The van der Waals surface area contributed by atoms with E-state index < -0.39 is 17.8 Å². The van der Waals surface area contributed by atoms with Crippen LogP contribution in [-0.2, 0) is 16.0 Å². The molecular weight excluding hydrogens is 326 g/mol. The Kier molecular flexibility index (Phi) is 5.73. The van der Waals surface area contributed by atoms with Gasteiger partial charge in [0.15, 0.2) is 0 Å². The van der Waals surface area contributed by atoms with Crippen LogP contribution in [0.25, 0.3) is 0 Å². The fourth-order valence-corrected chi connectivity index (χ4v) is 2.15. The number of amides is 1. The molecule has 0 heterocycles. The molecule has 0 saturated heterocycles. The maximum absolute atomic E-state index is 12.1. The Morgan fingerprint density at radius 1 is 1.04 bits per heavy atom. The van der Waals surface area contributed by atoms with Crippen molar-refractivity contribution in [3.8, 4) is 11.5 Å². The number of hydrogen-bond donors (Lipinski definition) is 1. The molecule has 0 aliphatic heterocycles. The molecule has 0 aliphatic rings. The van der Waals surface area contributed by atoms with Gasteiger partial charge in [-0.25, -0.2) is 0 Å². The zero-order valence-corrected chi connectivity index (χ0v) is 13.7. The van der Waals surface area contributed by atoms with E-state index in [4.69, 9.17) is 9.47 Å². The van der Waals surface area contributed by atoms with Gasteiger partial charge in [0.1, 0.15) is 11.5 Å². The van der Waals surface area contributed by atoms with Crippen LogP contribution in [0.4, 0.5) is 5.69 Å². The second-order valence-corrected chi connectivity index (χ2v) is 5.16. The maximum Gasteiger partial charge on any atom is 0.308 e. The molecule has 2 rings (SSSR count). The average molecular weight is 342 g/mol. The van der Waals surface area contributed by atoms with E-state index in [1.54, 1.807) is 31.4 Å². The van der Waals surface area contributed by atoms with Gasteiger partial charge in [-0.3, -0.25) is 9.59 Å². The second-order valence-electron chi connectivity index (χ2n) is 5.16. The maximum atomic E-state index is 12.1. The molecule has 0 radical (unpaired) electrons. The number of ether oxygens (including phenoxy) is 2. The third-order valence-corrected chi connectivity index (χ3v) is 3.27. The molecule has 7 heteroatoms. The highest BCUT2D eigenvalue weighted by atomic mass is 16.5. The van der Waals surface area contributed by atoms with Crippen LogP contribution in [0, 0.1) is 0 Å². The number of carboxylic acids is 1. The number of carbonyl (C=O) groups excluding carboxylic acids is 3. The van der Waals surface area contributed by atoms with Crippen LogP contribution in [0.2, 0.25) is 0 Å². The fraction of sp³-hybridized carbons (Fsp3) is 0.167. The number of aromatic carboxylic acids is 1. The third-order valence-electron chi connectivity index (χ3n) is 3.27. The summed E-state index contributed by atoms with van der Waals surface area (Å²) in [5, 5.41) is 13.8. The van der Waals surface area contributed by atoms with Crippen molar-refractivity contribution in [2.24, 2.45) is 0 Å². The summed E-state index contributed by atoms with van der Waals surface area (Å²) in [4.78, 5) is 34.3. The summed E-state index contributed by atoms with van der Waals surface area (Å²) in [5.74, 6) is -1.74. The van der Waals surface area contributed by atoms with Crippen LogP contribution in [0.5, 0.6) is 11.5 Å². The van der Waals surface area contributed by atoms with E-state index in [1.807, 2.05) is 0 Å². The lowest BCUT2D eigenvalue weighted by Crippen LogP contribution is -2.25. The van der Waals surface area contributed by atoms with Crippen LogP contribution in [0.1, 0.15) is 22.8 Å². The van der Waals surface area contributed by atoms with Gasteiger partial charge in [0.2, 0.25) is 5.91 Å². The first-order valence-corrected chi connectivity index (χ1v) is 7.35. The number of carboxylic acid groups (broad SMARTS) is 1. The van der Waals surface area contributed by atoms with E-state index in [0.29, 0.717) is 5.75 Å². The summed E-state index contributed by atoms with van der Waals surface area (Å²) >= 11 is 0. The molecule has 0 aliphatic carbocycles. The van der Waals surface area contributed by atoms with Gasteiger partial charge in [-0.15, -0.1) is 0 Å². The SMILES string of the molecule is COc1ccc(CC(=O)Nc2ccc(OC(C)=O)cc2C(=O)[O-])cc1. The van der Waals surface area contributed by atoms with E-state index in [0.717, 1.165) is 11.6 Å². The predicted octanol–water partition coefficient (Wildman–Crippen LogP) is 1.17. The van der Waals surface area contributed by atoms with Crippen molar-refractivity contribution >= 4 is 23.5 Å². The van der Waals surface area contributed by atoms with Gasteiger partial charge in [-0.05, 0) is 35.9 Å². The zero-order valence-electron chi connectivity index (χ0n) is 13.7. The standard InChI is InChI=1S/C18H17NO6/c1-11(20)25-14-7-8-16(15(10-14)18(22)23)19-17(21)9-12-3-5-13(24-2)6-4-12/h3-8,10H,9H2,1-2H3,(H,19,21)(H,22,23)/p-1. The highest BCUT2D eigenvalue weighted by Gasteiger charge is 2.11. The summed E-state index contributed by atoms with van der Waals surface area (Å²) < 4.78 is 9.87. The second kappa shape index (κ2) is 7.96. The van der Waals surface area contributed by atoms with Crippen LogP contribution < -0.4 is 19.9 Å². The molecule has 0 aromatic heterocycles. The van der Waals surface area contributed by atoms with Crippen molar-refractivity contribution in [2.45, 2.75) is 13.3 Å². The summed E-state index contributed by atoms with van der Waals surface area (Å²) in [6.07, 6.45) is 0.0577. The molecule has 0 bridgehead atoms. The Morgan fingerprint density at radius 2 is 1.68 bits per heavy atom. The lowest BCUT2D eigenvalue weighted by molar-refractivity contribution is -0.254. The van der Waals surface area contributed by atoms with E-state index in [-0.39, 0.29) is 23.4 Å². The minimum absolute atomic E-state index is 0.0554. The molecule has 2 aromatic carbocycles. The molecule has 0 fully saturated rings. The summed E-state index contributed by atoms with van der Waals surface area (Å²) in [7, 11) is 1.54. The van der Waals surface area contributed by atoms with Crippen molar-refractivity contribution in [2.75, 3.05) is 12.4 Å². The molecule has 0 spiro atoms. The van der Waals surface area contributed by atoms with Crippen LogP contribution in [0.3, 0.4) is 0 Å². The van der Waals surface area contributed by atoms with Crippen molar-refractivity contribution in [3.63, 3.8) is 0 Å². The van der Waals surface area contributed by atoms with Crippen LogP contribution in [0.15, 0.2) is 42.5 Å². The molecule has 2 aromatic rings. The van der Waals surface area contributed by atoms with Gasteiger partial charge in [-0.1, -0.05) is 12.1 Å². The van der Waals surface area contributed by atoms with E-state index in [1.165, 1.54) is 19.1 Å². The topological polar surface area (TPSA) is 105 Å². The number of carbonyl (C=O) groups is 3. The lowest BCUT2D eigenvalue weighted by Gasteiger charge is -2.13.